The van der Waals surface area contributed by atoms with Crippen molar-refractivity contribution in [2.75, 3.05) is 19.5 Å². The number of rotatable bonds is 7. The summed E-state index contributed by atoms with van der Waals surface area (Å²) in [5.41, 5.74) is 5.52. The maximum atomic E-state index is 10.7. The molecule has 0 bridgehead atoms. The Morgan fingerprint density at radius 2 is 2.13 bits per heavy atom. The van der Waals surface area contributed by atoms with Gasteiger partial charge in [0, 0.05) is 17.6 Å². The van der Waals surface area contributed by atoms with Crippen LogP contribution in [0.3, 0.4) is 0 Å². The first-order valence-electron chi connectivity index (χ1n) is 4.60. The minimum absolute atomic E-state index is 0.241. The van der Waals surface area contributed by atoms with E-state index in [0.29, 0.717) is 5.75 Å². The molecule has 0 aliphatic rings. The highest BCUT2D eigenvalue weighted by Gasteiger charge is 2.32. The maximum Gasteiger partial charge on any atom is 0.321 e. The second-order valence-corrected chi connectivity index (χ2v) is 5.51. The number of hydrogen-bond acceptors (Lipinski definition) is 5. The van der Waals surface area contributed by atoms with Crippen LogP contribution in [-0.2, 0) is 9.53 Å². The van der Waals surface area contributed by atoms with E-state index in [1.54, 1.807) is 13.8 Å². The number of methoxy groups -OCH3 is 1. The van der Waals surface area contributed by atoms with Gasteiger partial charge in [-0.1, -0.05) is 0 Å². The van der Waals surface area contributed by atoms with Crippen molar-refractivity contribution in [3.05, 3.63) is 0 Å². The topological polar surface area (TPSA) is 92.8 Å². The highest BCUT2D eigenvalue weighted by molar-refractivity contribution is 8.00. The molecule has 0 aliphatic carbocycles. The summed E-state index contributed by atoms with van der Waals surface area (Å²) >= 11 is 1.33. The summed E-state index contributed by atoms with van der Waals surface area (Å²) in [5.74, 6) is -0.629. The Morgan fingerprint density at radius 3 is 2.53 bits per heavy atom. The molecule has 0 saturated heterocycles. The molecule has 0 spiro atoms. The fourth-order valence-electron chi connectivity index (χ4n) is 0.939. The highest BCUT2D eigenvalue weighted by Crippen LogP contribution is 2.27. The lowest BCUT2D eigenvalue weighted by atomic mass is 10.1. The van der Waals surface area contributed by atoms with Crippen molar-refractivity contribution >= 4 is 17.7 Å². The van der Waals surface area contributed by atoms with Gasteiger partial charge in [-0.2, -0.15) is 11.8 Å². The summed E-state index contributed by atoms with van der Waals surface area (Å²) in [7, 11) is 1.50. The normalized spacial score (nSPS) is 16.1. The summed E-state index contributed by atoms with van der Waals surface area (Å²) in [6.07, 6.45) is -0.597. The van der Waals surface area contributed by atoms with Gasteiger partial charge in [-0.3, -0.25) is 4.79 Å². The molecule has 90 valence electrons. The smallest absolute Gasteiger partial charge is 0.321 e. The molecule has 0 aromatic heterocycles. The number of ether oxygens (including phenoxy) is 1. The van der Waals surface area contributed by atoms with E-state index >= 15 is 0 Å². The van der Waals surface area contributed by atoms with Crippen molar-refractivity contribution in [2.45, 2.75) is 30.7 Å². The predicted molar refractivity (Wildman–Crippen MR) is 60.0 cm³/mol. The maximum absolute atomic E-state index is 10.7. The molecule has 0 rings (SSSR count). The lowest BCUT2D eigenvalue weighted by molar-refractivity contribution is -0.139. The Bertz CT molecular complexity index is 210. The largest absolute Gasteiger partial charge is 0.480 e. The molecule has 6 heteroatoms. The molecule has 0 radical (unpaired) electrons. The van der Waals surface area contributed by atoms with Crippen molar-refractivity contribution in [3.63, 3.8) is 0 Å². The Balaban J connectivity index is 4.08. The molecule has 0 fully saturated rings. The van der Waals surface area contributed by atoms with E-state index in [4.69, 9.17) is 15.6 Å². The minimum atomic E-state index is -1.03. The molecular formula is C9H19NO4S. The van der Waals surface area contributed by atoms with Gasteiger partial charge in [-0.05, 0) is 13.8 Å². The summed E-state index contributed by atoms with van der Waals surface area (Å²) in [6, 6.07) is -0.947. The average molecular weight is 237 g/mol. The molecule has 0 amide bonds. The molecule has 2 atom stereocenters. The van der Waals surface area contributed by atoms with Gasteiger partial charge in [-0.25, -0.2) is 0 Å². The second-order valence-electron chi connectivity index (χ2n) is 3.84. The third-order valence-corrected chi connectivity index (χ3v) is 3.57. The third kappa shape index (κ3) is 5.36. The van der Waals surface area contributed by atoms with Crippen molar-refractivity contribution in [2.24, 2.45) is 5.73 Å². The zero-order chi connectivity index (χ0) is 12.1. The molecule has 4 N–H and O–H groups in total. The van der Waals surface area contributed by atoms with E-state index in [1.807, 2.05) is 0 Å². The third-order valence-electron chi connectivity index (χ3n) is 2.02. The molecule has 0 aromatic rings. The van der Waals surface area contributed by atoms with Crippen LogP contribution in [0.25, 0.3) is 0 Å². The number of aliphatic hydroxyl groups excluding tert-OH is 1. The molecule has 5 nitrogen and oxygen atoms in total. The average Bonchev–Trinajstić information content (AvgIpc) is 2.14. The van der Waals surface area contributed by atoms with Crippen molar-refractivity contribution in [1.82, 2.24) is 0 Å². The molecule has 0 aliphatic heterocycles. The van der Waals surface area contributed by atoms with Crippen LogP contribution in [0, 0.1) is 0 Å². The second kappa shape index (κ2) is 6.32. The number of aliphatic hydroxyl groups is 1. The van der Waals surface area contributed by atoms with Crippen LogP contribution in [-0.4, -0.2) is 52.5 Å². The van der Waals surface area contributed by atoms with Crippen LogP contribution >= 0.6 is 11.8 Å². The zero-order valence-electron chi connectivity index (χ0n) is 9.27. The summed E-state index contributed by atoms with van der Waals surface area (Å²) in [4.78, 5) is 10.7. The van der Waals surface area contributed by atoms with Gasteiger partial charge in [0.2, 0.25) is 0 Å². The standard InChI is InChI=1S/C9H19NO4S/c1-9(2,7(10)8(12)13)15-5-6(11)4-14-3/h6-7,11H,4-5,10H2,1-3H3,(H,12,13)/t6?,7-/m0/s1. The van der Waals surface area contributed by atoms with Crippen LogP contribution in [0.15, 0.2) is 0 Å². The van der Waals surface area contributed by atoms with Crippen molar-refractivity contribution in [3.8, 4) is 0 Å². The van der Waals surface area contributed by atoms with Gasteiger partial charge in [-0.15, -0.1) is 0 Å². The Kier molecular flexibility index (Phi) is 6.19. The first-order chi connectivity index (χ1) is 6.81. The number of carboxylic acid groups (broad SMARTS) is 1. The number of carboxylic acids is 1. The Labute approximate surface area is 94.0 Å². The minimum Gasteiger partial charge on any atom is -0.480 e. The lowest BCUT2D eigenvalue weighted by Gasteiger charge is -2.28. The quantitative estimate of drug-likeness (QED) is 0.573. The van der Waals surface area contributed by atoms with E-state index < -0.39 is 22.9 Å². The fourth-order valence-corrected chi connectivity index (χ4v) is 1.94. The van der Waals surface area contributed by atoms with Gasteiger partial charge >= 0.3 is 5.97 Å². The van der Waals surface area contributed by atoms with Gasteiger partial charge in [0.25, 0.3) is 0 Å². The van der Waals surface area contributed by atoms with Gasteiger partial charge < -0.3 is 20.7 Å². The number of hydrogen-bond donors (Lipinski definition) is 3. The molecule has 1 unspecified atom stereocenters. The van der Waals surface area contributed by atoms with Crippen LogP contribution in [0.5, 0.6) is 0 Å². The number of aliphatic carboxylic acids is 1. The highest BCUT2D eigenvalue weighted by atomic mass is 32.2. The first kappa shape index (κ1) is 14.7. The van der Waals surface area contributed by atoms with E-state index in [1.165, 1.54) is 18.9 Å². The fraction of sp³-hybridized carbons (Fsp3) is 0.889. The summed E-state index contributed by atoms with van der Waals surface area (Å²) in [6.45, 7) is 3.73. The molecule has 0 heterocycles. The molecule has 0 saturated carbocycles. The number of nitrogens with two attached hydrogens (primary N) is 1. The summed E-state index contributed by atoms with van der Waals surface area (Å²) < 4.78 is 4.16. The van der Waals surface area contributed by atoms with E-state index in [9.17, 15) is 9.90 Å². The van der Waals surface area contributed by atoms with Crippen LogP contribution in [0.2, 0.25) is 0 Å². The zero-order valence-corrected chi connectivity index (χ0v) is 10.1. The van der Waals surface area contributed by atoms with Crippen molar-refractivity contribution < 1.29 is 19.7 Å². The Hall–Kier alpha value is -0.300. The number of carbonyl (C=O) groups is 1. The van der Waals surface area contributed by atoms with Crippen LogP contribution in [0.4, 0.5) is 0 Å². The monoisotopic (exact) mass is 237 g/mol. The van der Waals surface area contributed by atoms with Gasteiger partial charge in [0.15, 0.2) is 0 Å². The van der Waals surface area contributed by atoms with E-state index in [2.05, 4.69) is 0 Å². The summed E-state index contributed by atoms with van der Waals surface area (Å²) in [5, 5.41) is 18.2. The van der Waals surface area contributed by atoms with Crippen molar-refractivity contribution in [1.29, 1.82) is 0 Å². The SMILES string of the molecule is COCC(O)CSC(C)(C)[C@@H](N)C(=O)O. The van der Waals surface area contributed by atoms with Crippen LogP contribution in [0.1, 0.15) is 13.8 Å². The molecule has 15 heavy (non-hydrogen) atoms. The predicted octanol–water partition coefficient (Wildman–Crippen LogP) is -0.0826. The van der Waals surface area contributed by atoms with E-state index in [-0.39, 0.29) is 6.61 Å². The first-order valence-corrected chi connectivity index (χ1v) is 5.59. The van der Waals surface area contributed by atoms with E-state index in [0.717, 1.165) is 0 Å². The number of thioether (sulfide) groups is 1. The molecular weight excluding hydrogens is 218 g/mol. The lowest BCUT2D eigenvalue weighted by Crippen LogP contribution is -2.47. The molecule has 0 aromatic carbocycles. The Morgan fingerprint density at radius 1 is 1.60 bits per heavy atom. The van der Waals surface area contributed by atoms with Crippen LogP contribution < -0.4 is 5.73 Å². The van der Waals surface area contributed by atoms with Gasteiger partial charge in [0.1, 0.15) is 6.04 Å². The van der Waals surface area contributed by atoms with Gasteiger partial charge in [0.05, 0.1) is 12.7 Å².